The fourth-order valence-corrected chi connectivity index (χ4v) is 0.422. The van der Waals surface area contributed by atoms with E-state index in [9.17, 15) is 8.78 Å². The number of alkyl halides is 2. The van der Waals surface area contributed by atoms with E-state index in [4.69, 9.17) is 0 Å². The van der Waals surface area contributed by atoms with Crippen LogP contribution in [0.2, 0.25) is 0 Å². The molecule has 0 rings (SSSR count). The van der Waals surface area contributed by atoms with Crippen molar-refractivity contribution in [1.29, 1.82) is 0 Å². The lowest BCUT2D eigenvalue weighted by atomic mass is 11.3. The van der Waals surface area contributed by atoms with Crippen molar-refractivity contribution in [2.75, 3.05) is 0 Å². The highest BCUT2D eigenvalue weighted by Gasteiger charge is 1.95. The number of rotatable bonds is 3. The predicted molar refractivity (Wildman–Crippen MR) is 25.8 cm³/mol. The molecule has 0 saturated heterocycles. The molecule has 0 heterocycles. The highest BCUT2D eigenvalue weighted by atomic mass is 28.2. The van der Waals surface area contributed by atoms with Gasteiger partial charge in [-0.3, -0.25) is 0 Å². The second-order valence-corrected chi connectivity index (χ2v) is 2.13. The molecule has 7 heavy (non-hydrogen) atoms. The fraction of sp³-hybridized carbons (Fsp3) is 0.333. The summed E-state index contributed by atoms with van der Waals surface area (Å²) in [5.74, 6) is 0. The molecular formula is C3H6F2OSi. The zero-order valence-electron chi connectivity index (χ0n) is 3.73. The van der Waals surface area contributed by atoms with E-state index in [-0.39, 0.29) is 0 Å². The molecule has 0 bridgehead atoms. The average Bonchev–Trinajstić information content (AvgIpc) is 1.61. The summed E-state index contributed by atoms with van der Waals surface area (Å²) in [5, 5.41) is 0. The Kier molecular flexibility index (Phi) is 3.82. The van der Waals surface area contributed by atoms with Gasteiger partial charge in [0.1, 0.15) is 0 Å². The van der Waals surface area contributed by atoms with Crippen molar-refractivity contribution < 1.29 is 13.2 Å². The maximum absolute atomic E-state index is 11.0. The van der Waals surface area contributed by atoms with Gasteiger partial charge in [0.15, 0.2) is 9.76 Å². The minimum atomic E-state index is -2.61. The van der Waals surface area contributed by atoms with Crippen LogP contribution in [0.4, 0.5) is 8.78 Å². The average molecular weight is 124 g/mol. The first-order valence-electron chi connectivity index (χ1n) is 1.78. The third kappa shape index (κ3) is 5.78. The van der Waals surface area contributed by atoms with Crippen LogP contribution in [0.15, 0.2) is 12.3 Å². The zero-order chi connectivity index (χ0) is 5.70. The molecule has 0 spiro atoms. The Hall–Kier alpha value is -0.223. The summed E-state index contributed by atoms with van der Waals surface area (Å²) in [6.07, 6.45) is 0. The Labute approximate surface area is 42.9 Å². The van der Waals surface area contributed by atoms with Gasteiger partial charge in [-0.25, -0.2) is 0 Å². The second-order valence-electron chi connectivity index (χ2n) is 0.883. The molecular weight excluding hydrogens is 118 g/mol. The molecule has 0 aliphatic heterocycles. The molecule has 0 aliphatic rings. The third-order valence-electron chi connectivity index (χ3n) is 0.340. The summed E-state index contributed by atoms with van der Waals surface area (Å²) in [7, 11) is -1.11. The molecule has 0 aromatic rings. The normalized spacial score (nSPS) is 11.3. The molecule has 0 unspecified atom stereocenters. The zero-order valence-corrected chi connectivity index (χ0v) is 5.15. The lowest BCUT2D eigenvalue weighted by Gasteiger charge is -1.93. The van der Waals surface area contributed by atoms with Crippen molar-refractivity contribution >= 4 is 9.76 Å². The summed E-state index contributed by atoms with van der Waals surface area (Å²) in [5.41, 5.74) is 1.41. The molecule has 0 N–H and O–H groups in total. The number of hydrogen-bond donors (Lipinski definition) is 0. The van der Waals surface area contributed by atoms with E-state index in [0.29, 0.717) is 0 Å². The van der Waals surface area contributed by atoms with E-state index >= 15 is 0 Å². The standard InChI is InChI=1S/C3H6F2OSi/c1-2-7-6-3(4)5/h2-3H,1,7H2. The Morgan fingerprint density at radius 1 is 1.71 bits per heavy atom. The molecule has 1 nitrogen and oxygen atoms in total. The first-order chi connectivity index (χ1) is 3.27. The van der Waals surface area contributed by atoms with Gasteiger partial charge in [0.2, 0.25) is 0 Å². The minimum absolute atomic E-state index is 1.11. The van der Waals surface area contributed by atoms with E-state index in [1.807, 2.05) is 0 Å². The number of halogens is 2. The van der Waals surface area contributed by atoms with E-state index in [1.165, 1.54) is 5.70 Å². The van der Waals surface area contributed by atoms with Crippen molar-refractivity contribution in [1.82, 2.24) is 0 Å². The summed E-state index contributed by atoms with van der Waals surface area (Å²) < 4.78 is 25.9. The molecule has 0 aromatic carbocycles. The number of hydrogen-bond acceptors (Lipinski definition) is 1. The largest absolute Gasteiger partial charge is 0.367 e. The van der Waals surface area contributed by atoms with E-state index < -0.39 is 16.4 Å². The maximum Gasteiger partial charge on any atom is 0.336 e. The van der Waals surface area contributed by atoms with Crippen LogP contribution in [-0.2, 0) is 4.43 Å². The van der Waals surface area contributed by atoms with Crippen molar-refractivity contribution in [3.8, 4) is 0 Å². The highest BCUT2D eigenvalue weighted by molar-refractivity contribution is 6.34. The van der Waals surface area contributed by atoms with Crippen LogP contribution in [0.5, 0.6) is 0 Å². The van der Waals surface area contributed by atoms with E-state index in [2.05, 4.69) is 11.0 Å². The molecule has 42 valence electrons. The SMILES string of the molecule is C=C[SiH2]OC(F)F. The van der Waals surface area contributed by atoms with Crippen molar-refractivity contribution in [2.45, 2.75) is 6.61 Å². The second kappa shape index (κ2) is 3.95. The molecule has 4 heteroatoms. The topological polar surface area (TPSA) is 9.23 Å². The summed E-state index contributed by atoms with van der Waals surface area (Å²) >= 11 is 0. The lowest BCUT2D eigenvalue weighted by molar-refractivity contribution is -0.0472. The van der Waals surface area contributed by atoms with Gasteiger partial charge in [-0.2, -0.15) is 8.78 Å². The van der Waals surface area contributed by atoms with Crippen molar-refractivity contribution in [3.05, 3.63) is 12.3 Å². The quantitative estimate of drug-likeness (QED) is 0.496. The van der Waals surface area contributed by atoms with Crippen LogP contribution in [-0.4, -0.2) is 16.4 Å². The van der Waals surface area contributed by atoms with Gasteiger partial charge in [-0.1, -0.05) is 5.70 Å². The molecule has 0 saturated carbocycles. The first kappa shape index (κ1) is 6.78. The van der Waals surface area contributed by atoms with Gasteiger partial charge < -0.3 is 4.43 Å². The Morgan fingerprint density at radius 3 is 2.43 bits per heavy atom. The maximum atomic E-state index is 11.0. The van der Waals surface area contributed by atoms with Crippen LogP contribution in [0.1, 0.15) is 0 Å². The minimum Gasteiger partial charge on any atom is -0.367 e. The molecule has 0 amide bonds. The van der Waals surface area contributed by atoms with Crippen LogP contribution in [0, 0.1) is 0 Å². The van der Waals surface area contributed by atoms with Gasteiger partial charge in [0, 0.05) is 0 Å². The van der Waals surface area contributed by atoms with Crippen molar-refractivity contribution in [3.63, 3.8) is 0 Å². The van der Waals surface area contributed by atoms with Crippen LogP contribution >= 0.6 is 0 Å². The summed E-state index contributed by atoms with van der Waals surface area (Å²) in [4.78, 5) is 0. The molecule has 0 aromatic heterocycles. The smallest absolute Gasteiger partial charge is 0.336 e. The highest BCUT2D eigenvalue weighted by Crippen LogP contribution is 1.90. The van der Waals surface area contributed by atoms with Gasteiger partial charge in [-0.05, 0) is 0 Å². The Balaban J connectivity index is 2.81. The Morgan fingerprint density at radius 2 is 2.29 bits per heavy atom. The predicted octanol–water partition coefficient (Wildman–Crippen LogP) is 0.453. The Bertz CT molecular complexity index is 56.9. The molecule has 0 atom stereocenters. The van der Waals surface area contributed by atoms with Gasteiger partial charge in [-0.15, -0.1) is 6.58 Å². The monoisotopic (exact) mass is 124 g/mol. The molecule has 0 fully saturated rings. The van der Waals surface area contributed by atoms with Gasteiger partial charge in [0.05, 0.1) is 0 Å². The van der Waals surface area contributed by atoms with Crippen LogP contribution in [0.3, 0.4) is 0 Å². The van der Waals surface area contributed by atoms with Crippen LogP contribution < -0.4 is 0 Å². The summed E-state index contributed by atoms with van der Waals surface area (Å²) in [6.45, 7) is 0.629. The van der Waals surface area contributed by atoms with E-state index in [1.54, 1.807) is 0 Å². The third-order valence-corrected chi connectivity index (χ3v) is 1.02. The molecule has 0 radical (unpaired) electrons. The van der Waals surface area contributed by atoms with Crippen molar-refractivity contribution in [2.24, 2.45) is 0 Å². The summed E-state index contributed by atoms with van der Waals surface area (Å²) in [6, 6.07) is 0. The first-order valence-corrected chi connectivity index (χ1v) is 3.17. The lowest BCUT2D eigenvalue weighted by Crippen LogP contribution is -2.00. The van der Waals surface area contributed by atoms with Gasteiger partial charge in [0.25, 0.3) is 0 Å². The van der Waals surface area contributed by atoms with E-state index in [0.717, 1.165) is 0 Å². The molecule has 0 aliphatic carbocycles. The fourth-order valence-electron chi connectivity index (χ4n) is 0.141. The van der Waals surface area contributed by atoms with Crippen LogP contribution in [0.25, 0.3) is 0 Å². The van der Waals surface area contributed by atoms with Gasteiger partial charge >= 0.3 is 6.61 Å².